The van der Waals surface area contributed by atoms with E-state index in [0.29, 0.717) is 0 Å². The summed E-state index contributed by atoms with van der Waals surface area (Å²) in [5.41, 5.74) is 9.08. The first-order chi connectivity index (χ1) is 22.2. The van der Waals surface area contributed by atoms with E-state index in [1.165, 1.54) is 39.1 Å². The second kappa shape index (κ2) is 14.7. The van der Waals surface area contributed by atoms with E-state index in [-0.39, 0.29) is 54.3 Å². The summed E-state index contributed by atoms with van der Waals surface area (Å²) < 4.78 is 6.54. The molecular formula is C43H52IrNO3-. The standard InChI is InChI=1S/C30H28NO.C13H24O2.Ir/c1-17-7-8-18-14-21-23(15-20(18)13-17)30(5,6)22-10-9-19(16-29(2,3)4)28-25(22)26-24(32-28)11-12-31-27(21)26;1-5-10(6-2)12(14)9-13(15)11(7-3)8-4;/h7-13,15H,16H2,1-6H3;9-11,14H,5-8H2,1-4H3;/q-1;;/b;12-9-;. The molecule has 3 aromatic carbocycles. The molecule has 0 spiro atoms. The van der Waals surface area contributed by atoms with Crippen molar-refractivity contribution in [3.63, 3.8) is 0 Å². The first-order valence-corrected chi connectivity index (χ1v) is 17.5. The number of ketones is 1. The number of hydrogen-bond donors (Lipinski definition) is 1. The fourth-order valence-electron chi connectivity index (χ4n) is 7.24. The van der Waals surface area contributed by atoms with E-state index in [0.717, 1.165) is 65.3 Å². The van der Waals surface area contributed by atoms with Crippen molar-refractivity contribution >= 4 is 38.5 Å². The van der Waals surface area contributed by atoms with Crippen molar-refractivity contribution in [2.24, 2.45) is 17.3 Å². The van der Waals surface area contributed by atoms with Gasteiger partial charge in [0.25, 0.3) is 0 Å². The van der Waals surface area contributed by atoms with Crippen LogP contribution in [0.3, 0.4) is 0 Å². The Kier molecular flexibility index (Phi) is 11.5. The number of carbonyl (C=O) groups excluding carboxylic acids is 1. The number of allylic oxidation sites excluding steroid dienone is 2. The van der Waals surface area contributed by atoms with Gasteiger partial charge in [0.05, 0.1) is 5.76 Å². The molecular weight excluding hydrogens is 771 g/mol. The average molecular weight is 823 g/mol. The van der Waals surface area contributed by atoms with Crippen molar-refractivity contribution in [1.29, 1.82) is 0 Å². The predicted octanol–water partition coefficient (Wildman–Crippen LogP) is 12.0. The molecule has 2 aromatic heterocycles. The number of aliphatic hydroxyl groups is 1. The number of furan rings is 1. The smallest absolute Gasteiger partial charge is 0.162 e. The van der Waals surface area contributed by atoms with E-state index in [1.807, 2.05) is 40.0 Å². The number of fused-ring (bicyclic) bond motifs is 3. The Balaban J connectivity index is 0.000000279. The molecule has 2 heterocycles. The maximum Gasteiger partial charge on any atom is 0.162 e. The molecule has 48 heavy (non-hydrogen) atoms. The zero-order valence-electron chi connectivity index (χ0n) is 30.4. The fraction of sp³-hybridized carbons (Fsp3) is 0.442. The molecule has 0 bridgehead atoms. The molecule has 257 valence electrons. The molecule has 0 amide bonds. The quantitative estimate of drug-likeness (QED) is 0.0962. The van der Waals surface area contributed by atoms with Crippen LogP contribution in [0.1, 0.15) is 110 Å². The van der Waals surface area contributed by atoms with Crippen molar-refractivity contribution in [2.45, 2.75) is 107 Å². The molecule has 0 saturated carbocycles. The number of hydrogen-bond acceptors (Lipinski definition) is 4. The van der Waals surface area contributed by atoms with Crippen molar-refractivity contribution in [1.82, 2.24) is 4.98 Å². The first kappa shape index (κ1) is 37.5. The molecule has 5 aromatic rings. The number of benzene rings is 3. The van der Waals surface area contributed by atoms with Gasteiger partial charge in [0, 0.05) is 60.7 Å². The minimum absolute atomic E-state index is 0. The second-order valence-corrected chi connectivity index (χ2v) is 15.1. The van der Waals surface area contributed by atoms with Crippen molar-refractivity contribution in [3.8, 4) is 11.3 Å². The maximum absolute atomic E-state index is 11.7. The van der Waals surface area contributed by atoms with Gasteiger partial charge in [-0.05, 0) is 67.1 Å². The monoisotopic (exact) mass is 823 g/mol. The molecule has 5 heteroatoms. The van der Waals surface area contributed by atoms with E-state index in [9.17, 15) is 9.90 Å². The van der Waals surface area contributed by atoms with Gasteiger partial charge in [-0.3, -0.25) is 9.78 Å². The van der Waals surface area contributed by atoms with Gasteiger partial charge in [-0.1, -0.05) is 109 Å². The molecule has 1 N–H and O–H groups in total. The first-order valence-electron chi connectivity index (χ1n) is 17.5. The number of aliphatic hydroxyl groups excluding tert-OH is 1. The van der Waals surface area contributed by atoms with Crippen LogP contribution in [0.15, 0.2) is 64.9 Å². The largest absolute Gasteiger partial charge is 0.512 e. The molecule has 4 nitrogen and oxygen atoms in total. The number of aromatic nitrogens is 1. The van der Waals surface area contributed by atoms with Crippen molar-refractivity contribution in [3.05, 3.63) is 88.8 Å². The summed E-state index contributed by atoms with van der Waals surface area (Å²) in [5, 5.41) is 14.5. The molecule has 0 atom stereocenters. The van der Waals surface area contributed by atoms with Crippen LogP contribution in [0.5, 0.6) is 0 Å². The summed E-state index contributed by atoms with van der Waals surface area (Å²) >= 11 is 0. The van der Waals surface area contributed by atoms with Gasteiger partial charge in [0.2, 0.25) is 0 Å². The van der Waals surface area contributed by atoms with Gasteiger partial charge in [0.1, 0.15) is 11.2 Å². The third-order valence-electron chi connectivity index (χ3n) is 10.0. The number of aryl methyl sites for hydroxylation is 1. The van der Waals surface area contributed by atoms with Gasteiger partial charge in [-0.2, -0.15) is 0 Å². The van der Waals surface area contributed by atoms with E-state index >= 15 is 0 Å². The third kappa shape index (κ3) is 7.19. The normalized spacial score (nSPS) is 13.9. The summed E-state index contributed by atoms with van der Waals surface area (Å²) in [5.74, 6) is 0.547. The van der Waals surface area contributed by atoms with Crippen LogP contribution in [-0.2, 0) is 36.7 Å². The Morgan fingerprint density at radius 1 is 0.938 bits per heavy atom. The minimum Gasteiger partial charge on any atom is -0.512 e. The average Bonchev–Trinajstić information content (AvgIpc) is 3.38. The predicted molar refractivity (Wildman–Crippen MR) is 197 cm³/mol. The Morgan fingerprint density at radius 3 is 2.23 bits per heavy atom. The zero-order chi connectivity index (χ0) is 34.3. The van der Waals surface area contributed by atoms with Crippen LogP contribution >= 0.6 is 0 Å². The summed E-state index contributed by atoms with van der Waals surface area (Å²) in [6.07, 6.45) is 7.75. The minimum atomic E-state index is -0.209. The van der Waals surface area contributed by atoms with E-state index in [1.54, 1.807) is 0 Å². The van der Waals surface area contributed by atoms with Crippen LogP contribution < -0.4 is 0 Å². The number of rotatable bonds is 8. The fourth-order valence-corrected chi connectivity index (χ4v) is 7.24. The van der Waals surface area contributed by atoms with Crippen molar-refractivity contribution in [2.75, 3.05) is 0 Å². The van der Waals surface area contributed by atoms with Crippen LogP contribution in [0.2, 0.25) is 0 Å². The number of nitrogens with zero attached hydrogens (tertiary/aromatic N) is 1. The molecule has 1 aliphatic rings. The molecule has 6 rings (SSSR count). The van der Waals surface area contributed by atoms with Gasteiger partial charge in [-0.25, -0.2) is 0 Å². The molecule has 0 fully saturated rings. The number of carbonyl (C=O) groups is 1. The van der Waals surface area contributed by atoms with E-state index in [2.05, 4.69) is 84.0 Å². The third-order valence-corrected chi connectivity index (χ3v) is 10.0. The summed E-state index contributed by atoms with van der Waals surface area (Å²) in [7, 11) is 0. The number of pyridine rings is 1. The summed E-state index contributed by atoms with van der Waals surface area (Å²) in [6, 6.07) is 19.3. The molecule has 1 radical (unpaired) electrons. The molecule has 0 unspecified atom stereocenters. The van der Waals surface area contributed by atoms with E-state index < -0.39 is 0 Å². The zero-order valence-corrected chi connectivity index (χ0v) is 32.8. The van der Waals surface area contributed by atoms with Crippen LogP contribution in [0.25, 0.3) is 44.0 Å². The van der Waals surface area contributed by atoms with Gasteiger partial charge in [0.15, 0.2) is 5.78 Å². The van der Waals surface area contributed by atoms with Gasteiger partial charge in [-0.15, -0.1) is 23.6 Å². The van der Waals surface area contributed by atoms with Crippen molar-refractivity contribution < 1.29 is 34.4 Å². The molecule has 0 saturated heterocycles. The Labute approximate surface area is 300 Å². The summed E-state index contributed by atoms with van der Waals surface area (Å²) in [6.45, 7) is 21.7. The SMILES string of the molecule is CCC(CC)C(=O)/C=C(\O)C(CC)CC.Cc1ccc2[c-]c3c(cc2c1)C(C)(C)c1ccc(CC(C)(C)C)c2oc4ccnc-3c4c12.[Ir]. The molecule has 1 aliphatic carbocycles. The van der Waals surface area contributed by atoms with E-state index in [4.69, 9.17) is 9.40 Å². The topological polar surface area (TPSA) is 63.3 Å². The van der Waals surface area contributed by atoms with Crippen LogP contribution in [0.4, 0.5) is 0 Å². The second-order valence-electron chi connectivity index (χ2n) is 15.1. The van der Waals surface area contributed by atoms with Crippen LogP contribution in [0, 0.1) is 30.2 Å². The summed E-state index contributed by atoms with van der Waals surface area (Å²) in [4.78, 5) is 16.6. The molecule has 0 aliphatic heterocycles. The van der Waals surface area contributed by atoms with Crippen LogP contribution in [-0.4, -0.2) is 15.9 Å². The Hall–Kier alpha value is -3.27. The maximum atomic E-state index is 11.7. The Morgan fingerprint density at radius 2 is 1.60 bits per heavy atom. The Bertz CT molecular complexity index is 1970. The van der Waals surface area contributed by atoms with Gasteiger partial charge < -0.3 is 9.52 Å². The van der Waals surface area contributed by atoms with Gasteiger partial charge >= 0.3 is 0 Å².